The maximum atomic E-state index is 6.16. The summed E-state index contributed by atoms with van der Waals surface area (Å²) in [5.74, 6) is 1.88. The monoisotopic (exact) mass is 296 g/mol. The molecule has 3 heteroatoms. The first-order valence-corrected chi connectivity index (χ1v) is 8.60. The molecule has 108 valence electrons. The number of nitrogens with zero attached hydrogens (tertiary/aromatic N) is 1. The van der Waals surface area contributed by atoms with Crippen LogP contribution in [-0.2, 0) is 13.0 Å². The Kier molecular flexibility index (Phi) is 3.40. The van der Waals surface area contributed by atoms with Crippen LogP contribution >= 0.6 is 11.8 Å². The van der Waals surface area contributed by atoms with Crippen molar-refractivity contribution >= 4 is 17.4 Å². The van der Waals surface area contributed by atoms with E-state index in [0.717, 1.165) is 31.7 Å². The number of fused-ring (bicyclic) bond motifs is 2. The minimum atomic E-state index is 0.665. The van der Waals surface area contributed by atoms with Gasteiger partial charge in [-0.2, -0.15) is 0 Å². The summed E-state index contributed by atoms with van der Waals surface area (Å²) in [4.78, 5) is 4.05. The second-order valence-electron chi connectivity index (χ2n) is 6.02. The van der Waals surface area contributed by atoms with Crippen LogP contribution in [0.3, 0.4) is 0 Å². The number of hydrogen-bond donors (Lipinski definition) is 1. The highest BCUT2D eigenvalue weighted by atomic mass is 32.2. The molecule has 4 rings (SSSR count). The molecule has 2 heterocycles. The van der Waals surface area contributed by atoms with E-state index in [2.05, 4.69) is 41.3 Å². The molecule has 0 radical (unpaired) electrons. The number of anilines is 1. The molecule has 2 N–H and O–H groups in total. The van der Waals surface area contributed by atoms with Crippen LogP contribution in [0.1, 0.15) is 22.6 Å². The van der Waals surface area contributed by atoms with Crippen molar-refractivity contribution in [3.8, 4) is 0 Å². The number of benzene rings is 2. The topological polar surface area (TPSA) is 29.3 Å². The first kappa shape index (κ1) is 13.2. The molecule has 0 saturated heterocycles. The van der Waals surface area contributed by atoms with E-state index >= 15 is 0 Å². The standard InChI is InChI=1S/C18H20N2S/c19-17-6-3-4-13-8-9-20(11-16(13)17)10-14-12-21-18-7-2-1-5-15(14)18/h1-7,14H,8-12,19H2. The predicted molar refractivity (Wildman–Crippen MR) is 89.7 cm³/mol. The van der Waals surface area contributed by atoms with Crippen LogP contribution in [0.4, 0.5) is 5.69 Å². The lowest BCUT2D eigenvalue weighted by Crippen LogP contribution is -2.34. The zero-order chi connectivity index (χ0) is 14.2. The van der Waals surface area contributed by atoms with Gasteiger partial charge in [-0.25, -0.2) is 0 Å². The van der Waals surface area contributed by atoms with E-state index in [-0.39, 0.29) is 0 Å². The molecular formula is C18H20N2S. The lowest BCUT2D eigenvalue weighted by molar-refractivity contribution is 0.244. The summed E-state index contributed by atoms with van der Waals surface area (Å²) in [6.07, 6.45) is 1.13. The Bertz CT molecular complexity index is 668. The van der Waals surface area contributed by atoms with Crippen molar-refractivity contribution in [1.82, 2.24) is 4.90 Å². The summed E-state index contributed by atoms with van der Waals surface area (Å²) in [6, 6.07) is 15.2. The van der Waals surface area contributed by atoms with E-state index < -0.39 is 0 Å². The molecule has 2 aromatic carbocycles. The maximum Gasteiger partial charge on any atom is 0.0362 e. The average molecular weight is 296 g/mol. The van der Waals surface area contributed by atoms with Gasteiger partial charge in [-0.05, 0) is 35.2 Å². The van der Waals surface area contributed by atoms with Gasteiger partial charge < -0.3 is 5.73 Å². The molecule has 2 aliphatic rings. The van der Waals surface area contributed by atoms with Gasteiger partial charge in [-0.15, -0.1) is 11.8 Å². The minimum Gasteiger partial charge on any atom is -0.398 e. The summed E-state index contributed by atoms with van der Waals surface area (Å²) in [7, 11) is 0. The minimum absolute atomic E-state index is 0.665. The Morgan fingerprint density at radius 3 is 3.00 bits per heavy atom. The summed E-state index contributed by atoms with van der Waals surface area (Å²) in [5.41, 5.74) is 11.4. The van der Waals surface area contributed by atoms with Crippen molar-refractivity contribution in [3.63, 3.8) is 0 Å². The van der Waals surface area contributed by atoms with E-state index in [4.69, 9.17) is 5.73 Å². The van der Waals surface area contributed by atoms with Gasteiger partial charge in [0.1, 0.15) is 0 Å². The quantitative estimate of drug-likeness (QED) is 0.860. The van der Waals surface area contributed by atoms with Crippen LogP contribution in [0.15, 0.2) is 47.4 Å². The highest BCUT2D eigenvalue weighted by Crippen LogP contribution is 2.40. The lowest BCUT2D eigenvalue weighted by atomic mass is 9.95. The first-order chi connectivity index (χ1) is 10.3. The number of nitrogens with two attached hydrogens (primary N) is 1. The molecule has 2 nitrogen and oxygen atoms in total. The van der Waals surface area contributed by atoms with Crippen LogP contribution in [0.25, 0.3) is 0 Å². The smallest absolute Gasteiger partial charge is 0.0362 e. The van der Waals surface area contributed by atoms with Gasteiger partial charge in [0.2, 0.25) is 0 Å². The van der Waals surface area contributed by atoms with E-state index in [0.29, 0.717) is 5.92 Å². The van der Waals surface area contributed by atoms with Gasteiger partial charge in [0.15, 0.2) is 0 Å². The second kappa shape index (κ2) is 5.39. The lowest BCUT2D eigenvalue weighted by Gasteiger charge is -2.31. The van der Waals surface area contributed by atoms with E-state index in [1.165, 1.54) is 27.3 Å². The Balaban J connectivity index is 1.52. The largest absolute Gasteiger partial charge is 0.398 e. The van der Waals surface area contributed by atoms with Crippen molar-refractivity contribution in [1.29, 1.82) is 0 Å². The summed E-state index contributed by atoms with van der Waals surface area (Å²) in [5, 5.41) is 0. The number of nitrogen functional groups attached to an aromatic ring is 1. The van der Waals surface area contributed by atoms with Crippen LogP contribution in [-0.4, -0.2) is 23.7 Å². The Labute approximate surface area is 130 Å². The molecule has 0 fully saturated rings. The number of rotatable bonds is 2. The number of hydrogen-bond acceptors (Lipinski definition) is 3. The third-order valence-electron chi connectivity index (χ3n) is 4.67. The van der Waals surface area contributed by atoms with Gasteiger partial charge in [-0.1, -0.05) is 30.3 Å². The highest BCUT2D eigenvalue weighted by Gasteiger charge is 2.26. The van der Waals surface area contributed by atoms with Crippen molar-refractivity contribution in [2.45, 2.75) is 23.8 Å². The van der Waals surface area contributed by atoms with E-state index in [1.807, 2.05) is 17.8 Å². The van der Waals surface area contributed by atoms with Crippen LogP contribution in [0.5, 0.6) is 0 Å². The van der Waals surface area contributed by atoms with Crippen molar-refractivity contribution < 1.29 is 0 Å². The van der Waals surface area contributed by atoms with Crippen molar-refractivity contribution in [3.05, 3.63) is 59.2 Å². The van der Waals surface area contributed by atoms with Gasteiger partial charge in [-0.3, -0.25) is 4.90 Å². The Morgan fingerprint density at radius 1 is 1.14 bits per heavy atom. The summed E-state index contributed by atoms with van der Waals surface area (Å²) >= 11 is 2.00. The fourth-order valence-corrected chi connectivity index (χ4v) is 4.75. The SMILES string of the molecule is Nc1cccc2c1CN(CC1CSc3ccccc31)CC2. The second-order valence-corrected chi connectivity index (χ2v) is 7.08. The van der Waals surface area contributed by atoms with Crippen molar-refractivity contribution in [2.75, 3.05) is 24.6 Å². The Hall–Kier alpha value is -1.45. The molecule has 21 heavy (non-hydrogen) atoms. The molecule has 0 aliphatic carbocycles. The van der Waals surface area contributed by atoms with Gasteiger partial charge >= 0.3 is 0 Å². The van der Waals surface area contributed by atoms with Crippen LogP contribution < -0.4 is 5.73 Å². The molecule has 2 aliphatic heterocycles. The van der Waals surface area contributed by atoms with Crippen LogP contribution in [0, 0.1) is 0 Å². The normalized spacial score (nSPS) is 21.0. The molecule has 0 amide bonds. The van der Waals surface area contributed by atoms with Crippen LogP contribution in [0.2, 0.25) is 0 Å². The molecule has 0 saturated carbocycles. The van der Waals surface area contributed by atoms with Crippen molar-refractivity contribution in [2.24, 2.45) is 0 Å². The molecule has 2 aromatic rings. The maximum absolute atomic E-state index is 6.16. The van der Waals surface area contributed by atoms with Gasteiger partial charge in [0.05, 0.1) is 0 Å². The van der Waals surface area contributed by atoms with E-state index in [9.17, 15) is 0 Å². The molecule has 1 unspecified atom stereocenters. The highest BCUT2D eigenvalue weighted by molar-refractivity contribution is 7.99. The fourth-order valence-electron chi connectivity index (χ4n) is 3.51. The zero-order valence-corrected chi connectivity index (χ0v) is 12.9. The molecule has 0 bridgehead atoms. The van der Waals surface area contributed by atoms with E-state index in [1.54, 1.807) is 0 Å². The average Bonchev–Trinajstić information content (AvgIpc) is 2.92. The zero-order valence-electron chi connectivity index (χ0n) is 12.1. The third kappa shape index (κ3) is 2.45. The molecule has 1 atom stereocenters. The summed E-state index contributed by atoms with van der Waals surface area (Å²) < 4.78 is 0. The number of thioether (sulfide) groups is 1. The Morgan fingerprint density at radius 2 is 2.05 bits per heavy atom. The predicted octanol–water partition coefficient (Wildman–Crippen LogP) is 3.52. The van der Waals surface area contributed by atoms with Gasteiger partial charge in [0, 0.05) is 41.9 Å². The molecule has 0 spiro atoms. The first-order valence-electron chi connectivity index (χ1n) is 7.61. The third-order valence-corrected chi connectivity index (χ3v) is 5.92. The van der Waals surface area contributed by atoms with Gasteiger partial charge in [0.25, 0.3) is 0 Å². The molecule has 0 aromatic heterocycles. The molecular weight excluding hydrogens is 276 g/mol. The fraction of sp³-hybridized carbons (Fsp3) is 0.333. The summed E-state index contributed by atoms with van der Waals surface area (Å²) in [6.45, 7) is 3.31.